The molecule has 0 atom stereocenters. The van der Waals surface area contributed by atoms with Gasteiger partial charge in [-0.1, -0.05) is 0 Å². The number of nitrogens with zero attached hydrogens (tertiary/aromatic N) is 5. The standard InChI is InChI=1S/C21H18F2N6O3/c22-13-3-6-16(15(23)9-13)29-25-11-19(27-29)26-20(30)12-1-4-14(5-2-12)28-17-7-8-24-10-18(17)32-21(28)31/h3,6-12,14H,1-2,4-5H2,(H,26,27,30). The molecule has 0 spiro atoms. The highest BCUT2D eigenvalue weighted by Crippen LogP contribution is 2.33. The van der Waals surface area contributed by atoms with Gasteiger partial charge in [-0.25, -0.2) is 13.6 Å². The smallest absolute Gasteiger partial charge is 0.406 e. The van der Waals surface area contributed by atoms with Crippen LogP contribution in [0.15, 0.2) is 52.1 Å². The summed E-state index contributed by atoms with van der Waals surface area (Å²) in [7, 11) is 0. The van der Waals surface area contributed by atoms with E-state index in [0.29, 0.717) is 36.8 Å². The van der Waals surface area contributed by atoms with Crippen molar-refractivity contribution in [1.29, 1.82) is 0 Å². The monoisotopic (exact) mass is 440 g/mol. The minimum atomic E-state index is -0.811. The second kappa shape index (κ2) is 7.98. The molecule has 1 N–H and O–H groups in total. The molecule has 0 bridgehead atoms. The fourth-order valence-electron chi connectivity index (χ4n) is 4.14. The van der Waals surface area contributed by atoms with Crippen LogP contribution in [0, 0.1) is 17.6 Å². The number of hydrogen-bond donors (Lipinski definition) is 1. The Labute approximate surface area is 179 Å². The van der Waals surface area contributed by atoms with Crippen molar-refractivity contribution in [3.05, 3.63) is 65.0 Å². The molecular weight excluding hydrogens is 422 g/mol. The summed E-state index contributed by atoms with van der Waals surface area (Å²) in [5.41, 5.74) is 1.11. The highest BCUT2D eigenvalue weighted by atomic mass is 19.1. The fourth-order valence-corrected chi connectivity index (χ4v) is 4.14. The fraction of sp³-hybridized carbons (Fsp3) is 0.286. The molecule has 4 aromatic rings. The molecule has 3 heterocycles. The third-order valence-corrected chi connectivity index (χ3v) is 5.72. The molecule has 0 aliphatic heterocycles. The predicted octanol–water partition coefficient (Wildman–Crippen LogP) is 3.22. The van der Waals surface area contributed by atoms with E-state index in [0.717, 1.165) is 16.9 Å². The maximum atomic E-state index is 13.9. The van der Waals surface area contributed by atoms with Gasteiger partial charge in [-0.3, -0.25) is 14.3 Å². The first-order valence-electron chi connectivity index (χ1n) is 10.1. The second-order valence-electron chi connectivity index (χ2n) is 7.69. The van der Waals surface area contributed by atoms with E-state index in [1.807, 2.05) is 0 Å². The highest BCUT2D eigenvalue weighted by molar-refractivity contribution is 5.91. The van der Waals surface area contributed by atoms with Crippen molar-refractivity contribution < 1.29 is 18.0 Å². The lowest BCUT2D eigenvalue weighted by atomic mass is 9.85. The van der Waals surface area contributed by atoms with Crippen LogP contribution in [0.5, 0.6) is 0 Å². The van der Waals surface area contributed by atoms with Crippen LogP contribution in [0.25, 0.3) is 16.8 Å². The number of rotatable bonds is 4. The molecule has 1 aliphatic rings. The minimum Gasteiger partial charge on any atom is -0.406 e. The normalized spacial score (nSPS) is 18.7. The summed E-state index contributed by atoms with van der Waals surface area (Å²) in [6.07, 6.45) is 6.88. The first-order chi connectivity index (χ1) is 15.5. The minimum absolute atomic E-state index is 0.0274. The summed E-state index contributed by atoms with van der Waals surface area (Å²) in [5, 5.41) is 10.7. The molecule has 0 unspecified atom stereocenters. The largest absolute Gasteiger partial charge is 0.420 e. The molecule has 1 aromatic carbocycles. The molecule has 0 saturated heterocycles. The van der Waals surface area contributed by atoms with E-state index in [9.17, 15) is 18.4 Å². The van der Waals surface area contributed by atoms with Crippen LogP contribution < -0.4 is 11.1 Å². The first-order valence-corrected chi connectivity index (χ1v) is 10.1. The van der Waals surface area contributed by atoms with Gasteiger partial charge in [0.2, 0.25) is 5.91 Å². The van der Waals surface area contributed by atoms with Crippen molar-refractivity contribution in [1.82, 2.24) is 24.5 Å². The zero-order valence-electron chi connectivity index (χ0n) is 16.7. The topological polar surface area (TPSA) is 108 Å². The summed E-state index contributed by atoms with van der Waals surface area (Å²) in [4.78, 5) is 29.9. The lowest BCUT2D eigenvalue weighted by Crippen LogP contribution is -2.30. The van der Waals surface area contributed by atoms with Gasteiger partial charge in [0, 0.05) is 24.2 Å². The summed E-state index contributed by atoms with van der Waals surface area (Å²) in [6.45, 7) is 0. The Morgan fingerprint density at radius 3 is 2.72 bits per heavy atom. The first kappa shape index (κ1) is 20.0. The van der Waals surface area contributed by atoms with Crippen molar-refractivity contribution in [2.24, 2.45) is 5.92 Å². The Hall–Kier alpha value is -3.89. The number of benzene rings is 1. The van der Waals surface area contributed by atoms with Crippen molar-refractivity contribution in [3.8, 4) is 5.69 Å². The van der Waals surface area contributed by atoms with Crippen molar-refractivity contribution in [2.45, 2.75) is 31.7 Å². The quantitative estimate of drug-likeness (QED) is 0.522. The summed E-state index contributed by atoms with van der Waals surface area (Å²) >= 11 is 0. The number of carbonyl (C=O) groups excluding carboxylic acids is 1. The van der Waals surface area contributed by atoms with E-state index in [1.54, 1.807) is 16.8 Å². The maximum absolute atomic E-state index is 13.9. The molecule has 164 valence electrons. The molecule has 1 fully saturated rings. The van der Waals surface area contributed by atoms with Gasteiger partial charge in [0.05, 0.1) is 17.9 Å². The molecule has 32 heavy (non-hydrogen) atoms. The van der Waals surface area contributed by atoms with Crippen LogP contribution in [-0.2, 0) is 4.79 Å². The Kier molecular flexibility index (Phi) is 5.00. The van der Waals surface area contributed by atoms with Crippen LogP contribution in [0.3, 0.4) is 0 Å². The molecule has 9 nitrogen and oxygen atoms in total. The molecule has 1 aliphatic carbocycles. The van der Waals surface area contributed by atoms with Gasteiger partial charge in [0.15, 0.2) is 17.2 Å². The number of hydrogen-bond acceptors (Lipinski definition) is 6. The summed E-state index contributed by atoms with van der Waals surface area (Å²) in [5.74, 6) is -2.24. The number of oxazole rings is 1. The third-order valence-electron chi connectivity index (χ3n) is 5.72. The number of anilines is 1. The number of fused-ring (bicyclic) bond motifs is 1. The van der Waals surface area contributed by atoms with Gasteiger partial charge in [-0.2, -0.15) is 5.10 Å². The number of aromatic nitrogens is 5. The van der Waals surface area contributed by atoms with E-state index in [-0.39, 0.29) is 29.4 Å². The average Bonchev–Trinajstić information content (AvgIpc) is 3.37. The third kappa shape index (κ3) is 3.66. The molecule has 1 saturated carbocycles. The Morgan fingerprint density at radius 1 is 1.12 bits per heavy atom. The molecule has 1 amide bonds. The Bertz CT molecular complexity index is 1350. The molecule has 3 aromatic heterocycles. The van der Waals surface area contributed by atoms with E-state index in [4.69, 9.17) is 4.42 Å². The summed E-state index contributed by atoms with van der Waals surface area (Å²) < 4.78 is 33.9. The lowest BCUT2D eigenvalue weighted by molar-refractivity contribution is -0.121. The predicted molar refractivity (Wildman–Crippen MR) is 109 cm³/mol. The van der Waals surface area contributed by atoms with Gasteiger partial charge < -0.3 is 9.73 Å². The Balaban J connectivity index is 1.24. The van der Waals surface area contributed by atoms with E-state index >= 15 is 0 Å². The van der Waals surface area contributed by atoms with E-state index in [1.165, 1.54) is 18.5 Å². The van der Waals surface area contributed by atoms with Crippen LogP contribution in [0.2, 0.25) is 0 Å². The molecule has 11 heteroatoms. The van der Waals surface area contributed by atoms with Crippen molar-refractivity contribution in [2.75, 3.05) is 5.32 Å². The number of pyridine rings is 1. The van der Waals surface area contributed by atoms with E-state index in [2.05, 4.69) is 20.5 Å². The van der Waals surface area contributed by atoms with Gasteiger partial charge in [-0.15, -0.1) is 9.90 Å². The number of halogens is 2. The van der Waals surface area contributed by atoms with Gasteiger partial charge in [0.1, 0.15) is 11.5 Å². The SMILES string of the molecule is O=C(Nc1cnn(-c2ccc(F)cc2F)n1)C1CCC(n2c(=O)oc3cnccc32)CC1. The zero-order chi connectivity index (χ0) is 22.2. The second-order valence-corrected chi connectivity index (χ2v) is 7.69. The van der Waals surface area contributed by atoms with Crippen LogP contribution >= 0.6 is 0 Å². The molecule has 5 rings (SSSR count). The highest BCUT2D eigenvalue weighted by Gasteiger charge is 2.29. The average molecular weight is 440 g/mol. The van der Waals surface area contributed by atoms with Crippen LogP contribution in [0.1, 0.15) is 31.7 Å². The van der Waals surface area contributed by atoms with Gasteiger partial charge in [0.25, 0.3) is 0 Å². The van der Waals surface area contributed by atoms with Gasteiger partial charge >= 0.3 is 5.76 Å². The maximum Gasteiger partial charge on any atom is 0.420 e. The number of nitrogens with one attached hydrogen (secondary N) is 1. The number of amides is 1. The molecular formula is C21H18F2N6O3. The van der Waals surface area contributed by atoms with Gasteiger partial charge in [-0.05, 0) is 43.9 Å². The lowest BCUT2D eigenvalue weighted by Gasteiger charge is -2.27. The van der Waals surface area contributed by atoms with E-state index < -0.39 is 17.4 Å². The summed E-state index contributed by atoms with van der Waals surface area (Å²) in [6, 6.07) is 4.74. The zero-order valence-corrected chi connectivity index (χ0v) is 16.7. The van der Waals surface area contributed by atoms with Crippen molar-refractivity contribution >= 4 is 22.8 Å². The van der Waals surface area contributed by atoms with Crippen LogP contribution in [0.4, 0.5) is 14.6 Å². The number of carbonyl (C=O) groups is 1. The Morgan fingerprint density at radius 2 is 1.94 bits per heavy atom. The van der Waals surface area contributed by atoms with Crippen molar-refractivity contribution in [3.63, 3.8) is 0 Å². The molecule has 0 radical (unpaired) electrons. The van der Waals surface area contributed by atoms with Crippen LogP contribution in [-0.4, -0.2) is 30.5 Å².